The molecule has 2 aliphatic rings. The first-order valence-corrected chi connectivity index (χ1v) is 24.5. The van der Waals surface area contributed by atoms with Gasteiger partial charge in [-0.05, 0) is 77.0 Å². The first-order valence-electron chi connectivity index (χ1n) is 24.5. The first-order chi connectivity index (χ1) is 32.0. The second kappa shape index (κ2) is 37.9. The SMILES string of the molecule is CC/C=C/C/C=C\C/C=C\CCCCCCCC(=O)OC[C@H](CO[C@@H]1O[C@H](CO[C@H]2O[C@H](CO)[C@H](O)[C@H](O)[C@H]2O)[C@H](O)[C@H](O)[C@H]1O)OC(=O)CCCCCCC/C=C/C/C=C/C/C=C/CC. The molecule has 15 heteroatoms. The lowest BCUT2D eigenvalue weighted by atomic mass is 9.98. The smallest absolute Gasteiger partial charge is 0.306 e. The molecule has 2 aliphatic heterocycles. The lowest BCUT2D eigenvalue weighted by Gasteiger charge is -2.42. The molecule has 2 heterocycles. The minimum absolute atomic E-state index is 0.138. The maximum Gasteiger partial charge on any atom is 0.306 e. The Morgan fingerprint density at radius 1 is 0.485 bits per heavy atom. The summed E-state index contributed by atoms with van der Waals surface area (Å²) in [6, 6.07) is 0. The number of rotatable bonds is 36. The van der Waals surface area contributed by atoms with Crippen LogP contribution >= 0.6 is 0 Å². The molecule has 0 saturated carbocycles. The molecule has 0 spiro atoms. The van der Waals surface area contributed by atoms with Crippen molar-refractivity contribution < 1.29 is 73.8 Å². The van der Waals surface area contributed by atoms with Crippen LogP contribution in [0.4, 0.5) is 0 Å². The highest BCUT2D eigenvalue weighted by Crippen LogP contribution is 2.26. The Hall–Kier alpha value is -3.06. The van der Waals surface area contributed by atoms with Gasteiger partial charge in [0.2, 0.25) is 0 Å². The van der Waals surface area contributed by atoms with Gasteiger partial charge in [0.05, 0.1) is 19.8 Å². The zero-order chi connectivity index (χ0) is 48.2. The minimum Gasteiger partial charge on any atom is -0.462 e. The summed E-state index contributed by atoms with van der Waals surface area (Å²) in [6.07, 6.45) is 26.5. The van der Waals surface area contributed by atoms with Gasteiger partial charge in [0.1, 0.15) is 55.4 Å². The molecule has 0 radical (unpaired) electrons. The predicted molar refractivity (Wildman–Crippen MR) is 252 cm³/mol. The van der Waals surface area contributed by atoms with Crippen molar-refractivity contribution in [2.24, 2.45) is 0 Å². The van der Waals surface area contributed by atoms with E-state index in [2.05, 4.69) is 86.8 Å². The highest BCUT2D eigenvalue weighted by atomic mass is 16.7. The average Bonchev–Trinajstić information content (AvgIpc) is 3.31. The van der Waals surface area contributed by atoms with Gasteiger partial charge >= 0.3 is 11.9 Å². The van der Waals surface area contributed by atoms with E-state index in [1.54, 1.807) is 0 Å². The third kappa shape index (κ3) is 25.9. The maximum atomic E-state index is 13.0. The van der Waals surface area contributed by atoms with Crippen LogP contribution in [0.25, 0.3) is 0 Å². The van der Waals surface area contributed by atoms with Crippen molar-refractivity contribution in [1.82, 2.24) is 0 Å². The second-order valence-electron chi connectivity index (χ2n) is 16.9. The first kappa shape index (κ1) is 59.1. The van der Waals surface area contributed by atoms with Crippen molar-refractivity contribution in [2.45, 2.75) is 210 Å². The van der Waals surface area contributed by atoms with Crippen molar-refractivity contribution in [3.63, 3.8) is 0 Å². The molecular formula is C51H84O15. The Balaban J connectivity index is 1.84. The van der Waals surface area contributed by atoms with Crippen LogP contribution in [0.2, 0.25) is 0 Å². The fraction of sp³-hybridized carbons (Fsp3) is 0.725. The quantitative estimate of drug-likeness (QED) is 0.0209. The van der Waals surface area contributed by atoms with E-state index in [0.29, 0.717) is 12.8 Å². The number of unbranched alkanes of at least 4 members (excludes halogenated alkanes) is 10. The van der Waals surface area contributed by atoms with E-state index < -0.39 is 99.3 Å². The fourth-order valence-corrected chi connectivity index (χ4v) is 7.18. The van der Waals surface area contributed by atoms with Gasteiger partial charge in [-0.2, -0.15) is 0 Å². The molecule has 7 N–H and O–H groups in total. The fourth-order valence-electron chi connectivity index (χ4n) is 7.18. The van der Waals surface area contributed by atoms with Gasteiger partial charge < -0.3 is 64.2 Å². The summed E-state index contributed by atoms with van der Waals surface area (Å²) >= 11 is 0. The van der Waals surface area contributed by atoms with E-state index in [-0.39, 0.29) is 19.4 Å². The summed E-state index contributed by atoms with van der Waals surface area (Å²) in [4.78, 5) is 25.7. The van der Waals surface area contributed by atoms with Crippen molar-refractivity contribution in [2.75, 3.05) is 26.4 Å². The maximum absolute atomic E-state index is 13.0. The van der Waals surface area contributed by atoms with Crippen molar-refractivity contribution >= 4 is 11.9 Å². The zero-order valence-corrected chi connectivity index (χ0v) is 39.6. The number of carbonyl (C=O) groups excluding carboxylic acids is 2. The molecule has 0 aliphatic carbocycles. The predicted octanol–water partition coefficient (Wildman–Crippen LogP) is 6.26. The van der Waals surface area contributed by atoms with Gasteiger partial charge in [0, 0.05) is 12.8 Å². The summed E-state index contributed by atoms with van der Waals surface area (Å²) in [7, 11) is 0. The average molecular weight is 937 g/mol. The van der Waals surface area contributed by atoms with Gasteiger partial charge in [-0.3, -0.25) is 9.59 Å². The normalized spacial score (nSPS) is 26.8. The summed E-state index contributed by atoms with van der Waals surface area (Å²) in [5.74, 6) is -0.973. The Morgan fingerprint density at radius 3 is 1.42 bits per heavy atom. The van der Waals surface area contributed by atoms with Crippen molar-refractivity contribution in [1.29, 1.82) is 0 Å². The third-order valence-electron chi connectivity index (χ3n) is 11.2. The van der Waals surface area contributed by atoms with Crippen LogP contribution in [-0.2, 0) is 38.0 Å². The Bertz CT molecular complexity index is 1430. The number of allylic oxidation sites excluding steroid dienone is 12. The van der Waals surface area contributed by atoms with E-state index >= 15 is 0 Å². The lowest BCUT2D eigenvalue weighted by Crippen LogP contribution is -2.61. The molecule has 11 atom stereocenters. The topological polar surface area (TPSA) is 231 Å². The minimum atomic E-state index is -1.77. The van der Waals surface area contributed by atoms with E-state index in [9.17, 15) is 45.3 Å². The van der Waals surface area contributed by atoms with Crippen molar-refractivity contribution in [3.05, 3.63) is 72.9 Å². The van der Waals surface area contributed by atoms with Crippen LogP contribution < -0.4 is 0 Å². The van der Waals surface area contributed by atoms with E-state index in [1.807, 2.05) is 0 Å². The summed E-state index contributed by atoms with van der Waals surface area (Å²) in [5.41, 5.74) is 0. The van der Waals surface area contributed by atoms with Gasteiger partial charge in [0.25, 0.3) is 0 Å². The van der Waals surface area contributed by atoms with Crippen LogP contribution in [0.15, 0.2) is 72.9 Å². The van der Waals surface area contributed by atoms with Gasteiger partial charge in [-0.25, -0.2) is 0 Å². The van der Waals surface area contributed by atoms with Crippen LogP contribution in [0.3, 0.4) is 0 Å². The second-order valence-corrected chi connectivity index (χ2v) is 16.9. The molecule has 0 bridgehead atoms. The highest BCUT2D eigenvalue weighted by molar-refractivity contribution is 5.70. The molecule has 2 fully saturated rings. The molecule has 15 nitrogen and oxygen atoms in total. The Labute approximate surface area is 393 Å². The molecule has 2 saturated heterocycles. The molecular weight excluding hydrogens is 853 g/mol. The molecule has 0 aromatic rings. The Morgan fingerprint density at radius 2 is 0.909 bits per heavy atom. The van der Waals surface area contributed by atoms with Gasteiger partial charge in [0.15, 0.2) is 18.7 Å². The van der Waals surface area contributed by atoms with E-state index in [4.69, 9.17) is 28.4 Å². The number of aliphatic hydroxyl groups excluding tert-OH is 7. The molecule has 0 aromatic heterocycles. The molecule has 2 rings (SSSR count). The molecule has 0 unspecified atom stereocenters. The molecule has 66 heavy (non-hydrogen) atoms. The summed E-state index contributed by atoms with van der Waals surface area (Å²) in [5, 5.41) is 72.0. The molecule has 378 valence electrons. The number of ether oxygens (including phenoxy) is 6. The number of carbonyl (C=O) groups is 2. The monoisotopic (exact) mass is 937 g/mol. The molecule has 0 amide bonds. The summed E-state index contributed by atoms with van der Waals surface area (Å²) in [6.45, 7) is 2.30. The number of hydrogen-bond acceptors (Lipinski definition) is 15. The molecule has 0 aromatic carbocycles. The van der Waals surface area contributed by atoms with Crippen LogP contribution in [0.5, 0.6) is 0 Å². The van der Waals surface area contributed by atoms with E-state index in [1.165, 1.54) is 0 Å². The third-order valence-corrected chi connectivity index (χ3v) is 11.2. The number of aliphatic hydroxyl groups is 7. The number of hydrogen-bond donors (Lipinski definition) is 7. The Kier molecular flexibility index (Phi) is 33.9. The van der Waals surface area contributed by atoms with Gasteiger partial charge in [-0.1, -0.05) is 125 Å². The number of esters is 2. The van der Waals surface area contributed by atoms with Crippen molar-refractivity contribution in [3.8, 4) is 0 Å². The standard InChI is InChI=1S/C51H84O15/c1-3-5-7-9-11-13-15-17-19-21-23-25-27-29-31-33-42(53)61-36-39(64-43(54)34-32-30-28-26-24-22-20-18-16-14-12-10-8-6-4-2)37-62-50-49(60)47(58)45(56)41(66-50)38-63-51-48(59)46(57)44(55)40(35-52)65-51/h5-8,11-14,17-20,39-41,44-52,55-60H,3-4,9-10,15-16,21-38H2,1-2H3/b7-5+,8-6+,13-11-,14-12+,19-17-,20-18+/t39-,40-,41-,44+,45+,46+,47+,48-,49-,50-,51+/m1/s1. The lowest BCUT2D eigenvalue weighted by molar-refractivity contribution is -0.332. The zero-order valence-electron chi connectivity index (χ0n) is 39.6. The van der Waals surface area contributed by atoms with Crippen LogP contribution in [0, 0.1) is 0 Å². The summed E-state index contributed by atoms with van der Waals surface area (Å²) < 4.78 is 33.5. The van der Waals surface area contributed by atoms with Crippen LogP contribution in [0.1, 0.15) is 142 Å². The van der Waals surface area contributed by atoms with Gasteiger partial charge in [-0.15, -0.1) is 0 Å². The highest BCUT2D eigenvalue weighted by Gasteiger charge is 2.47. The largest absolute Gasteiger partial charge is 0.462 e. The van der Waals surface area contributed by atoms with Crippen LogP contribution in [-0.4, -0.2) is 142 Å². The van der Waals surface area contributed by atoms with E-state index in [0.717, 1.165) is 103 Å².